The third-order valence-electron chi connectivity index (χ3n) is 4.81. The molecule has 2 aliphatic carbocycles. The van der Waals surface area contributed by atoms with Gasteiger partial charge in [-0.15, -0.1) is 0 Å². The van der Waals surface area contributed by atoms with Gasteiger partial charge in [0.2, 0.25) is 0 Å². The standard InChI is InChI=1S/C16H19BrO2/c17-8-9-19-15(18)16(13-4-2-1-3-5-13)11-12-6-7-14(16)10-12/h1-5,12,14H,6-11H2. The van der Waals surface area contributed by atoms with Crippen LogP contribution in [0.1, 0.15) is 31.2 Å². The average Bonchev–Trinajstić information content (AvgIpc) is 3.07. The molecule has 0 aromatic heterocycles. The zero-order valence-electron chi connectivity index (χ0n) is 11.0. The molecule has 0 N–H and O–H groups in total. The number of rotatable bonds is 4. The molecule has 1 aromatic carbocycles. The Morgan fingerprint density at radius 2 is 2.11 bits per heavy atom. The summed E-state index contributed by atoms with van der Waals surface area (Å²) in [5.41, 5.74) is 0.786. The van der Waals surface area contributed by atoms with E-state index in [-0.39, 0.29) is 11.4 Å². The number of hydrogen-bond acceptors (Lipinski definition) is 2. The zero-order chi connectivity index (χ0) is 13.3. The van der Waals surface area contributed by atoms with E-state index < -0.39 is 0 Å². The topological polar surface area (TPSA) is 26.3 Å². The molecule has 0 saturated heterocycles. The fourth-order valence-electron chi connectivity index (χ4n) is 4.05. The van der Waals surface area contributed by atoms with Gasteiger partial charge in [-0.25, -0.2) is 0 Å². The fraction of sp³-hybridized carbons (Fsp3) is 0.562. The number of halogens is 1. The van der Waals surface area contributed by atoms with Crippen molar-refractivity contribution in [3.8, 4) is 0 Å². The quantitative estimate of drug-likeness (QED) is 0.624. The summed E-state index contributed by atoms with van der Waals surface area (Å²) in [7, 11) is 0. The number of esters is 1. The summed E-state index contributed by atoms with van der Waals surface area (Å²) in [6, 6.07) is 10.3. The van der Waals surface area contributed by atoms with Crippen LogP contribution in [0, 0.1) is 11.8 Å². The molecule has 1 aromatic rings. The van der Waals surface area contributed by atoms with Crippen LogP contribution in [0.15, 0.2) is 30.3 Å². The Morgan fingerprint density at radius 3 is 2.68 bits per heavy atom. The largest absolute Gasteiger partial charge is 0.464 e. The van der Waals surface area contributed by atoms with Crippen LogP contribution in [0.2, 0.25) is 0 Å². The lowest BCUT2D eigenvalue weighted by Crippen LogP contribution is -2.42. The highest BCUT2D eigenvalue weighted by atomic mass is 79.9. The molecule has 3 heteroatoms. The van der Waals surface area contributed by atoms with Gasteiger partial charge in [-0.1, -0.05) is 52.7 Å². The second-order valence-electron chi connectivity index (χ2n) is 5.74. The number of fused-ring (bicyclic) bond motifs is 2. The van der Waals surface area contributed by atoms with Gasteiger partial charge in [0.1, 0.15) is 6.61 Å². The highest BCUT2D eigenvalue weighted by Gasteiger charge is 2.57. The Hall–Kier alpha value is -0.830. The van der Waals surface area contributed by atoms with E-state index in [1.54, 1.807) is 0 Å². The molecule has 0 heterocycles. The van der Waals surface area contributed by atoms with Gasteiger partial charge < -0.3 is 4.74 Å². The van der Waals surface area contributed by atoms with E-state index in [0.29, 0.717) is 23.8 Å². The molecule has 0 aliphatic heterocycles. The van der Waals surface area contributed by atoms with E-state index in [0.717, 1.165) is 12.0 Å². The Balaban J connectivity index is 1.95. The molecule has 2 fully saturated rings. The van der Waals surface area contributed by atoms with Crippen molar-refractivity contribution in [1.29, 1.82) is 0 Å². The zero-order valence-corrected chi connectivity index (χ0v) is 12.6. The van der Waals surface area contributed by atoms with Gasteiger partial charge in [0.25, 0.3) is 0 Å². The lowest BCUT2D eigenvalue weighted by atomic mass is 9.68. The van der Waals surface area contributed by atoms with Crippen molar-refractivity contribution in [2.24, 2.45) is 11.8 Å². The molecule has 102 valence electrons. The van der Waals surface area contributed by atoms with Gasteiger partial charge in [-0.3, -0.25) is 4.79 Å². The number of carbonyl (C=O) groups is 1. The summed E-state index contributed by atoms with van der Waals surface area (Å²) in [6.45, 7) is 0.463. The molecule has 2 saturated carbocycles. The molecule has 3 unspecified atom stereocenters. The molecule has 2 bridgehead atoms. The van der Waals surface area contributed by atoms with E-state index in [2.05, 4.69) is 28.1 Å². The van der Waals surface area contributed by atoms with Crippen molar-refractivity contribution >= 4 is 21.9 Å². The third kappa shape index (κ3) is 2.12. The second kappa shape index (κ2) is 5.28. The Kier molecular flexibility index (Phi) is 3.66. The average molecular weight is 323 g/mol. The smallest absolute Gasteiger partial charge is 0.316 e. The van der Waals surface area contributed by atoms with Crippen molar-refractivity contribution < 1.29 is 9.53 Å². The Morgan fingerprint density at radius 1 is 1.32 bits per heavy atom. The van der Waals surface area contributed by atoms with Crippen LogP contribution < -0.4 is 0 Å². The molecule has 19 heavy (non-hydrogen) atoms. The molecule has 2 aliphatic rings. The minimum absolute atomic E-state index is 0.00894. The number of hydrogen-bond donors (Lipinski definition) is 0. The maximum atomic E-state index is 12.7. The summed E-state index contributed by atoms with van der Waals surface area (Å²) >= 11 is 3.32. The van der Waals surface area contributed by atoms with Crippen LogP contribution in [0.4, 0.5) is 0 Å². The van der Waals surface area contributed by atoms with Gasteiger partial charge in [0.15, 0.2) is 0 Å². The number of benzene rings is 1. The SMILES string of the molecule is O=C(OCCBr)C1(c2ccccc2)CC2CCC1C2. The first kappa shape index (κ1) is 13.2. The maximum Gasteiger partial charge on any atom is 0.316 e. The first-order valence-corrected chi connectivity index (χ1v) is 8.18. The summed E-state index contributed by atoms with van der Waals surface area (Å²) in [4.78, 5) is 12.7. The molecule has 0 radical (unpaired) electrons. The summed E-state index contributed by atoms with van der Waals surface area (Å²) < 4.78 is 5.50. The minimum Gasteiger partial charge on any atom is -0.464 e. The van der Waals surface area contributed by atoms with Gasteiger partial charge in [-0.05, 0) is 36.7 Å². The third-order valence-corrected chi connectivity index (χ3v) is 5.14. The first-order chi connectivity index (χ1) is 9.27. The van der Waals surface area contributed by atoms with Crippen LogP contribution in [0.3, 0.4) is 0 Å². The predicted octanol–water partition coefficient (Wildman–Crippen LogP) is 3.68. The molecular weight excluding hydrogens is 304 g/mol. The van der Waals surface area contributed by atoms with Crippen LogP contribution in [0.5, 0.6) is 0 Å². The second-order valence-corrected chi connectivity index (χ2v) is 6.54. The Bertz CT molecular complexity index is 459. The van der Waals surface area contributed by atoms with Gasteiger partial charge in [-0.2, -0.15) is 0 Å². The van der Waals surface area contributed by atoms with Gasteiger partial charge >= 0.3 is 5.97 Å². The Labute approximate surface area is 122 Å². The highest BCUT2D eigenvalue weighted by Crippen LogP contribution is 2.57. The summed E-state index contributed by atoms with van der Waals surface area (Å²) in [5.74, 6) is 1.18. The fourth-order valence-corrected chi connectivity index (χ4v) is 4.21. The van der Waals surface area contributed by atoms with Crippen molar-refractivity contribution in [3.63, 3.8) is 0 Å². The minimum atomic E-state index is -0.369. The van der Waals surface area contributed by atoms with Gasteiger partial charge in [0.05, 0.1) is 5.41 Å². The molecule has 0 amide bonds. The van der Waals surface area contributed by atoms with Crippen LogP contribution in [0.25, 0.3) is 0 Å². The van der Waals surface area contributed by atoms with Crippen molar-refractivity contribution in [3.05, 3.63) is 35.9 Å². The normalized spacial score (nSPS) is 32.5. The van der Waals surface area contributed by atoms with E-state index in [1.165, 1.54) is 19.3 Å². The van der Waals surface area contributed by atoms with Crippen LogP contribution >= 0.6 is 15.9 Å². The maximum absolute atomic E-state index is 12.7. The molecular formula is C16H19BrO2. The molecule has 3 atom stereocenters. The van der Waals surface area contributed by atoms with Gasteiger partial charge in [0, 0.05) is 5.33 Å². The lowest BCUT2D eigenvalue weighted by molar-refractivity contribution is -0.152. The number of carbonyl (C=O) groups excluding carboxylic acids is 1. The number of ether oxygens (including phenoxy) is 1. The van der Waals surface area contributed by atoms with E-state index in [4.69, 9.17) is 4.74 Å². The van der Waals surface area contributed by atoms with E-state index in [9.17, 15) is 4.79 Å². The molecule has 0 spiro atoms. The molecule has 2 nitrogen and oxygen atoms in total. The van der Waals surface area contributed by atoms with E-state index >= 15 is 0 Å². The lowest BCUT2D eigenvalue weighted by Gasteiger charge is -2.35. The predicted molar refractivity (Wildman–Crippen MR) is 78.3 cm³/mol. The van der Waals surface area contributed by atoms with Crippen LogP contribution in [-0.2, 0) is 14.9 Å². The summed E-state index contributed by atoms with van der Waals surface area (Å²) in [5, 5.41) is 0.706. The first-order valence-electron chi connectivity index (χ1n) is 7.06. The van der Waals surface area contributed by atoms with Crippen molar-refractivity contribution in [2.75, 3.05) is 11.9 Å². The van der Waals surface area contributed by atoms with E-state index in [1.807, 2.05) is 18.2 Å². The monoisotopic (exact) mass is 322 g/mol. The van der Waals surface area contributed by atoms with Crippen molar-refractivity contribution in [2.45, 2.75) is 31.1 Å². The van der Waals surface area contributed by atoms with Crippen molar-refractivity contribution in [1.82, 2.24) is 0 Å². The summed E-state index contributed by atoms with van der Waals surface area (Å²) in [6.07, 6.45) is 4.62. The van der Waals surface area contributed by atoms with Crippen LogP contribution in [-0.4, -0.2) is 17.9 Å². The highest BCUT2D eigenvalue weighted by molar-refractivity contribution is 9.09. The molecule has 3 rings (SSSR count). The number of alkyl halides is 1.